The molecule has 10 aromatic rings. The number of nitrogens with zero attached hydrogens (tertiary/aromatic N) is 13. The lowest BCUT2D eigenvalue weighted by Crippen LogP contribution is -2.13. The van der Waals surface area contributed by atoms with Crippen LogP contribution < -0.4 is 5.32 Å². The van der Waals surface area contributed by atoms with Crippen LogP contribution in [0.2, 0.25) is 0 Å². The van der Waals surface area contributed by atoms with E-state index in [2.05, 4.69) is 88.6 Å². The van der Waals surface area contributed by atoms with Gasteiger partial charge in [0.05, 0.1) is 47.7 Å². The second-order valence-electron chi connectivity index (χ2n) is 13.7. The Kier molecular flexibility index (Phi) is 8.61. The summed E-state index contributed by atoms with van der Waals surface area (Å²) < 4.78 is 5.72. The van der Waals surface area contributed by atoms with E-state index in [1.807, 2.05) is 87.1 Å². The summed E-state index contributed by atoms with van der Waals surface area (Å²) in [6.07, 6.45) is 12.2. The summed E-state index contributed by atoms with van der Waals surface area (Å²) in [5.74, 6) is 0. The predicted octanol–water partition coefficient (Wildman–Crippen LogP) is 6.31. The molecule has 0 bridgehead atoms. The largest absolute Gasteiger partial charge is 0.315 e. The van der Waals surface area contributed by atoms with Crippen molar-refractivity contribution in [3.63, 3.8) is 0 Å². The van der Waals surface area contributed by atoms with E-state index in [1.165, 1.54) is 0 Å². The van der Waals surface area contributed by atoms with Gasteiger partial charge in [0.15, 0.2) is 11.3 Å². The summed E-state index contributed by atoms with van der Waals surface area (Å²) in [5, 5.41) is 27.3. The number of hydrogen-bond acceptors (Lipinski definition) is 11. The Balaban J connectivity index is 0.000000139. The monoisotopic (exact) mass is 734 g/mol. The first kappa shape index (κ1) is 33.3. The number of rotatable bonds is 7. The Morgan fingerprint density at radius 3 is 1.80 bits per heavy atom. The highest BCUT2D eigenvalue weighted by atomic mass is 15.4. The molecular formula is C42H34N14. The Bertz CT molecular complexity index is 2960. The third-order valence-corrected chi connectivity index (χ3v) is 9.98. The van der Waals surface area contributed by atoms with Crippen LogP contribution in [0, 0.1) is 0 Å². The zero-order valence-electron chi connectivity index (χ0n) is 30.1. The molecule has 1 N–H and O–H groups in total. The first-order valence-corrected chi connectivity index (χ1v) is 18.4. The van der Waals surface area contributed by atoms with Gasteiger partial charge in [-0.25, -0.2) is 19.3 Å². The van der Waals surface area contributed by atoms with Gasteiger partial charge in [0.25, 0.3) is 0 Å². The SMILES string of the molecule is c1cnc2ccc(Cn3nnc4ccc(-c5cnn([C@H]6CCNC6)c5)nc43)cc2c1.c1cncc(-c2ccc3nnn(Cc4ccc5ncccc5c4)c3n2)c1. The van der Waals surface area contributed by atoms with Crippen molar-refractivity contribution in [3.05, 3.63) is 145 Å². The Morgan fingerprint density at radius 1 is 0.607 bits per heavy atom. The fourth-order valence-corrected chi connectivity index (χ4v) is 7.08. The van der Waals surface area contributed by atoms with Crippen LogP contribution in [0.25, 0.3) is 66.6 Å². The minimum absolute atomic E-state index is 0.414. The maximum absolute atomic E-state index is 4.86. The van der Waals surface area contributed by atoms with Crippen molar-refractivity contribution in [3.8, 4) is 22.5 Å². The summed E-state index contributed by atoms with van der Waals surface area (Å²) in [5.41, 5.74) is 11.0. The number of nitrogens with one attached hydrogen (secondary N) is 1. The Hall–Kier alpha value is -7.32. The third-order valence-electron chi connectivity index (χ3n) is 9.98. The van der Waals surface area contributed by atoms with E-state index in [9.17, 15) is 0 Å². The van der Waals surface area contributed by atoms with Gasteiger partial charge in [-0.1, -0.05) is 34.7 Å². The highest BCUT2D eigenvalue weighted by Gasteiger charge is 2.18. The maximum atomic E-state index is 4.86. The first-order valence-electron chi connectivity index (χ1n) is 18.4. The molecule has 0 radical (unpaired) electrons. The highest BCUT2D eigenvalue weighted by molar-refractivity contribution is 5.80. The quantitative estimate of drug-likeness (QED) is 0.196. The first-order chi connectivity index (χ1) is 27.7. The van der Waals surface area contributed by atoms with Crippen molar-refractivity contribution in [1.82, 2.24) is 70.0 Å². The smallest absolute Gasteiger partial charge is 0.179 e. The van der Waals surface area contributed by atoms with E-state index in [1.54, 1.807) is 18.6 Å². The highest BCUT2D eigenvalue weighted by Crippen LogP contribution is 2.24. The second kappa shape index (κ2) is 14.5. The van der Waals surface area contributed by atoms with E-state index < -0.39 is 0 Å². The maximum Gasteiger partial charge on any atom is 0.179 e. The minimum Gasteiger partial charge on any atom is -0.315 e. The van der Waals surface area contributed by atoms with Crippen LogP contribution in [-0.4, -0.2) is 77.8 Å². The number of aromatic nitrogens is 13. The molecule has 1 saturated heterocycles. The fraction of sp³-hybridized carbons (Fsp3) is 0.143. The van der Waals surface area contributed by atoms with Gasteiger partial charge in [0, 0.05) is 59.4 Å². The molecule has 1 atom stereocenters. The van der Waals surface area contributed by atoms with Crippen molar-refractivity contribution >= 4 is 44.1 Å². The molecule has 0 amide bonds. The van der Waals surface area contributed by atoms with Gasteiger partial charge in [0.2, 0.25) is 0 Å². The normalized spacial score (nSPS) is 14.1. The Morgan fingerprint density at radius 2 is 1.21 bits per heavy atom. The topological polar surface area (TPSA) is 156 Å². The predicted molar refractivity (Wildman–Crippen MR) is 213 cm³/mol. The summed E-state index contributed by atoms with van der Waals surface area (Å²) in [6.45, 7) is 3.21. The van der Waals surface area contributed by atoms with Crippen LogP contribution in [0.5, 0.6) is 0 Å². The molecule has 14 heteroatoms. The minimum atomic E-state index is 0.414. The zero-order chi connectivity index (χ0) is 37.3. The van der Waals surface area contributed by atoms with Crippen molar-refractivity contribution in [2.24, 2.45) is 0 Å². The van der Waals surface area contributed by atoms with Crippen LogP contribution in [-0.2, 0) is 13.1 Å². The molecule has 11 rings (SSSR count). The summed E-state index contributed by atoms with van der Waals surface area (Å²) in [4.78, 5) is 22.5. The molecule has 14 nitrogen and oxygen atoms in total. The lowest BCUT2D eigenvalue weighted by molar-refractivity contribution is 0.491. The molecule has 1 fully saturated rings. The number of hydrogen-bond donors (Lipinski definition) is 1. The van der Waals surface area contributed by atoms with Crippen molar-refractivity contribution in [2.75, 3.05) is 13.1 Å². The van der Waals surface area contributed by atoms with E-state index in [0.29, 0.717) is 19.1 Å². The third kappa shape index (κ3) is 6.69. The van der Waals surface area contributed by atoms with E-state index in [0.717, 1.165) is 97.3 Å². The van der Waals surface area contributed by atoms with E-state index >= 15 is 0 Å². The van der Waals surface area contributed by atoms with Gasteiger partial charge in [-0.2, -0.15) is 5.10 Å². The van der Waals surface area contributed by atoms with Crippen molar-refractivity contribution in [2.45, 2.75) is 25.6 Å². The van der Waals surface area contributed by atoms with Crippen molar-refractivity contribution in [1.29, 1.82) is 0 Å². The average molecular weight is 735 g/mol. The number of pyridine rings is 5. The standard InChI is InChI=1S/C22H20N8.C20H14N6/c1-2-16-10-15(3-4-19(16)24-8-1)13-30-22-21(27-28-30)6-5-20(26-22)17-11-25-29(14-17)18-7-9-23-12-18;1-4-16(12-21-9-1)18-7-8-19-20(23-18)26(25-24-19)13-14-5-6-17-15(11-14)3-2-10-22-17/h1-6,8,10-11,14,18,23H,7,9,12-13H2;1-12H,13H2/t18-;/m0./s1. The molecule has 8 aromatic heterocycles. The molecule has 2 aromatic carbocycles. The molecule has 0 unspecified atom stereocenters. The van der Waals surface area contributed by atoms with Gasteiger partial charge >= 0.3 is 0 Å². The molecule has 0 saturated carbocycles. The summed E-state index contributed by atoms with van der Waals surface area (Å²) in [6, 6.07) is 32.6. The average Bonchev–Trinajstić information content (AvgIpc) is 4.10. The van der Waals surface area contributed by atoms with Crippen LogP contribution >= 0.6 is 0 Å². The Labute approximate surface area is 319 Å². The molecule has 0 aliphatic carbocycles. The van der Waals surface area contributed by atoms with Crippen LogP contribution in [0.1, 0.15) is 23.6 Å². The molecule has 1 aliphatic heterocycles. The zero-order valence-corrected chi connectivity index (χ0v) is 30.1. The van der Waals surface area contributed by atoms with Crippen LogP contribution in [0.15, 0.2) is 134 Å². The lowest BCUT2D eigenvalue weighted by Gasteiger charge is -2.07. The summed E-state index contributed by atoms with van der Waals surface area (Å²) >= 11 is 0. The molecule has 0 spiro atoms. The molecule has 1 aliphatic rings. The fourth-order valence-electron chi connectivity index (χ4n) is 7.08. The van der Waals surface area contributed by atoms with Gasteiger partial charge in [0.1, 0.15) is 11.0 Å². The number of fused-ring (bicyclic) bond motifs is 4. The second-order valence-corrected chi connectivity index (χ2v) is 13.7. The van der Waals surface area contributed by atoms with Gasteiger partial charge in [-0.15, -0.1) is 10.2 Å². The lowest BCUT2D eigenvalue weighted by atomic mass is 10.1. The van der Waals surface area contributed by atoms with Gasteiger partial charge < -0.3 is 5.32 Å². The number of benzene rings is 2. The van der Waals surface area contributed by atoms with E-state index in [4.69, 9.17) is 9.97 Å². The van der Waals surface area contributed by atoms with E-state index in [-0.39, 0.29) is 0 Å². The van der Waals surface area contributed by atoms with Crippen LogP contribution in [0.3, 0.4) is 0 Å². The van der Waals surface area contributed by atoms with Gasteiger partial charge in [-0.05, 0) is 96.9 Å². The molecule has 56 heavy (non-hydrogen) atoms. The molecular weight excluding hydrogens is 701 g/mol. The van der Waals surface area contributed by atoms with Crippen molar-refractivity contribution < 1.29 is 0 Å². The van der Waals surface area contributed by atoms with Crippen LogP contribution in [0.4, 0.5) is 0 Å². The molecule has 9 heterocycles. The van der Waals surface area contributed by atoms with Gasteiger partial charge in [-0.3, -0.25) is 19.6 Å². The molecule has 272 valence electrons. The summed E-state index contributed by atoms with van der Waals surface area (Å²) in [7, 11) is 0.